The molecule has 1 aromatic carbocycles. The molecule has 168 valence electrons. The van der Waals surface area contributed by atoms with Gasteiger partial charge in [0.1, 0.15) is 28.5 Å². The van der Waals surface area contributed by atoms with Crippen LogP contribution in [0.4, 0.5) is 5.82 Å². The number of para-hydroxylation sites is 1. The van der Waals surface area contributed by atoms with Crippen LogP contribution in [0.5, 0.6) is 0 Å². The van der Waals surface area contributed by atoms with Gasteiger partial charge in [-0.3, -0.25) is 9.36 Å². The number of benzene rings is 1. The Morgan fingerprint density at radius 2 is 1.91 bits per heavy atom. The van der Waals surface area contributed by atoms with E-state index >= 15 is 0 Å². The van der Waals surface area contributed by atoms with E-state index in [1.807, 2.05) is 40.3 Å². The van der Waals surface area contributed by atoms with Crippen molar-refractivity contribution in [3.05, 3.63) is 64.2 Å². The van der Waals surface area contributed by atoms with E-state index in [1.165, 1.54) is 34.0 Å². The first-order valence-electron chi connectivity index (χ1n) is 11.1. The lowest BCUT2D eigenvalue weighted by Gasteiger charge is -2.15. The van der Waals surface area contributed by atoms with Crippen LogP contribution in [0.15, 0.2) is 46.8 Å². The third kappa shape index (κ3) is 3.75. The molecule has 3 aromatic heterocycles. The number of nitriles is 2. The molecule has 0 spiro atoms. The lowest BCUT2D eigenvalue weighted by atomic mass is 9.95. The number of carbonyl (C=O) groups is 1. The van der Waals surface area contributed by atoms with Gasteiger partial charge in [0.2, 0.25) is 5.91 Å². The number of hydrogen-bond acceptors (Lipinski definition) is 7. The van der Waals surface area contributed by atoms with Crippen LogP contribution in [0.3, 0.4) is 0 Å². The third-order valence-electron chi connectivity index (χ3n) is 6.17. The van der Waals surface area contributed by atoms with Crippen LogP contribution in [0.2, 0.25) is 0 Å². The molecule has 0 atom stereocenters. The van der Waals surface area contributed by atoms with Gasteiger partial charge in [-0.1, -0.05) is 24.3 Å². The summed E-state index contributed by atoms with van der Waals surface area (Å²) in [6.07, 6.45) is 4.48. The molecule has 0 bridgehead atoms. The Bertz CT molecular complexity index is 1490. The van der Waals surface area contributed by atoms with Gasteiger partial charge in [0.05, 0.1) is 11.1 Å². The number of aryl methyl sites for hydroxylation is 1. The van der Waals surface area contributed by atoms with Crippen molar-refractivity contribution in [3.8, 4) is 22.6 Å². The summed E-state index contributed by atoms with van der Waals surface area (Å²) in [4.78, 5) is 18.5. The van der Waals surface area contributed by atoms with Crippen LogP contribution < -0.4 is 5.73 Å². The van der Waals surface area contributed by atoms with E-state index in [1.54, 1.807) is 0 Å². The minimum absolute atomic E-state index is 0.0467. The molecule has 0 fully saturated rings. The van der Waals surface area contributed by atoms with Gasteiger partial charge in [0, 0.05) is 33.7 Å². The number of carbonyl (C=O) groups excluding carboxylic acids is 1. The number of thioether (sulfide) groups is 1. The first-order chi connectivity index (χ1) is 16.6. The number of anilines is 1. The molecule has 5 rings (SSSR count). The van der Waals surface area contributed by atoms with Crippen LogP contribution in [0, 0.1) is 22.7 Å². The van der Waals surface area contributed by atoms with Crippen LogP contribution in [0.25, 0.3) is 21.3 Å². The molecular formula is C26H21N5OS2. The number of nitrogen functional groups attached to an aromatic ring is 1. The normalized spacial score (nSPS) is 12.8. The minimum atomic E-state index is 0.0467. The second-order valence-electron chi connectivity index (χ2n) is 8.11. The number of thiophene rings is 1. The fraction of sp³-hybridized carbons (Fsp3) is 0.231. The largest absolute Gasteiger partial charge is 0.383 e. The van der Waals surface area contributed by atoms with Gasteiger partial charge in [-0.15, -0.1) is 23.1 Å². The van der Waals surface area contributed by atoms with Gasteiger partial charge in [-0.05, 0) is 48.8 Å². The fourth-order valence-electron chi connectivity index (χ4n) is 4.70. The number of fused-ring (bicyclic) bond motifs is 3. The van der Waals surface area contributed by atoms with Gasteiger partial charge in [-0.2, -0.15) is 10.5 Å². The Balaban J connectivity index is 1.43. The minimum Gasteiger partial charge on any atom is -0.383 e. The topological polar surface area (TPSA) is 108 Å². The highest BCUT2D eigenvalue weighted by atomic mass is 32.2. The Hall–Kier alpha value is -3.59. The van der Waals surface area contributed by atoms with Crippen LogP contribution in [0.1, 0.15) is 46.4 Å². The molecular weight excluding hydrogens is 462 g/mol. The molecule has 3 heterocycles. The highest BCUT2D eigenvalue weighted by molar-refractivity contribution is 7.99. The van der Waals surface area contributed by atoms with Crippen molar-refractivity contribution in [2.75, 3.05) is 11.5 Å². The van der Waals surface area contributed by atoms with Crippen molar-refractivity contribution in [1.29, 1.82) is 10.5 Å². The highest BCUT2D eigenvalue weighted by Gasteiger charge is 2.24. The second-order valence-corrected chi connectivity index (χ2v) is 10.1. The van der Waals surface area contributed by atoms with E-state index in [-0.39, 0.29) is 17.3 Å². The Morgan fingerprint density at radius 3 is 2.68 bits per heavy atom. The van der Waals surface area contributed by atoms with E-state index in [0.717, 1.165) is 41.8 Å². The monoisotopic (exact) mass is 483 g/mol. The fourth-order valence-corrected chi connectivity index (χ4v) is 6.40. The molecule has 2 N–H and O–H groups in total. The summed E-state index contributed by atoms with van der Waals surface area (Å²) in [5.41, 5.74) is 10.6. The van der Waals surface area contributed by atoms with E-state index in [4.69, 9.17) is 5.73 Å². The van der Waals surface area contributed by atoms with Gasteiger partial charge >= 0.3 is 0 Å². The predicted molar refractivity (Wildman–Crippen MR) is 136 cm³/mol. The summed E-state index contributed by atoms with van der Waals surface area (Å²) in [7, 11) is 0. The van der Waals surface area contributed by atoms with Crippen molar-refractivity contribution in [2.24, 2.45) is 0 Å². The van der Waals surface area contributed by atoms with Crippen molar-refractivity contribution in [1.82, 2.24) is 9.55 Å². The molecule has 8 heteroatoms. The average molecular weight is 484 g/mol. The summed E-state index contributed by atoms with van der Waals surface area (Å²) in [6, 6.07) is 16.2. The molecule has 0 saturated carbocycles. The lowest BCUT2D eigenvalue weighted by Crippen LogP contribution is -2.16. The van der Waals surface area contributed by atoms with Crippen LogP contribution in [-0.2, 0) is 12.8 Å². The van der Waals surface area contributed by atoms with Crippen molar-refractivity contribution in [2.45, 2.75) is 37.1 Å². The number of aromatic nitrogens is 2. The maximum absolute atomic E-state index is 13.4. The first-order valence-corrected chi connectivity index (χ1v) is 12.9. The molecule has 6 nitrogen and oxygen atoms in total. The van der Waals surface area contributed by atoms with Crippen LogP contribution in [-0.4, -0.2) is 21.2 Å². The van der Waals surface area contributed by atoms with E-state index in [9.17, 15) is 15.3 Å². The second kappa shape index (κ2) is 9.34. The molecule has 34 heavy (non-hydrogen) atoms. The van der Waals surface area contributed by atoms with E-state index < -0.39 is 0 Å². The SMILES string of the molecule is N#Cc1c(N)nc(SCCC(=O)n2c3c(c4ccccc42)CCCC3)c(C#N)c1-c1cccs1. The smallest absolute Gasteiger partial charge is 0.232 e. The Kier molecular flexibility index (Phi) is 6.10. The quantitative estimate of drug-likeness (QED) is 0.360. The Morgan fingerprint density at radius 1 is 1.12 bits per heavy atom. The van der Waals surface area contributed by atoms with Crippen molar-refractivity contribution >= 4 is 45.7 Å². The number of pyridine rings is 1. The van der Waals surface area contributed by atoms with E-state index in [0.29, 0.717) is 28.3 Å². The molecule has 0 radical (unpaired) electrons. The summed E-state index contributed by atoms with van der Waals surface area (Å²) >= 11 is 2.77. The van der Waals surface area contributed by atoms with Gasteiger partial charge in [0.25, 0.3) is 0 Å². The zero-order valence-electron chi connectivity index (χ0n) is 18.4. The Labute approximate surface area is 205 Å². The standard InChI is InChI=1S/C26H21N5OS2/c27-14-18-24(22-10-5-12-33-22)19(15-28)26(30-25(18)29)34-13-11-23(32)31-20-8-3-1-6-16(20)17-7-2-4-9-21(17)31/h1,3,5-6,8,10,12H,2,4,7,9,11,13H2,(H2,29,30). The third-order valence-corrected chi connectivity index (χ3v) is 8.03. The number of nitrogens with two attached hydrogens (primary N) is 1. The number of nitrogens with zero attached hydrogens (tertiary/aromatic N) is 4. The number of rotatable bonds is 5. The number of hydrogen-bond donors (Lipinski definition) is 1. The summed E-state index contributed by atoms with van der Waals surface area (Å²) in [6.45, 7) is 0. The molecule has 0 aliphatic heterocycles. The summed E-state index contributed by atoms with van der Waals surface area (Å²) < 4.78 is 1.90. The van der Waals surface area contributed by atoms with Crippen molar-refractivity contribution < 1.29 is 4.79 Å². The molecule has 1 aliphatic rings. The highest BCUT2D eigenvalue weighted by Crippen LogP contribution is 2.38. The summed E-state index contributed by atoms with van der Waals surface area (Å²) in [5.74, 6) is 0.603. The van der Waals surface area contributed by atoms with Gasteiger partial charge < -0.3 is 5.73 Å². The van der Waals surface area contributed by atoms with E-state index in [2.05, 4.69) is 23.2 Å². The average Bonchev–Trinajstić information content (AvgIpc) is 3.50. The molecule has 0 amide bonds. The maximum atomic E-state index is 13.4. The van der Waals surface area contributed by atoms with Crippen molar-refractivity contribution in [3.63, 3.8) is 0 Å². The van der Waals surface area contributed by atoms with Crippen LogP contribution >= 0.6 is 23.1 Å². The molecule has 0 saturated heterocycles. The zero-order valence-corrected chi connectivity index (χ0v) is 20.0. The molecule has 4 aromatic rings. The zero-order chi connectivity index (χ0) is 23.7. The maximum Gasteiger partial charge on any atom is 0.232 e. The predicted octanol–water partition coefficient (Wildman–Crippen LogP) is 5.79. The van der Waals surface area contributed by atoms with Gasteiger partial charge in [-0.25, -0.2) is 4.98 Å². The molecule has 1 aliphatic carbocycles. The first kappa shape index (κ1) is 22.2. The van der Waals surface area contributed by atoms with Gasteiger partial charge in [0.15, 0.2) is 0 Å². The molecule has 0 unspecified atom stereocenters. The lowest BCUT2D eigenvalue weighted by molar-refractivity contribution is 0.0912. The summed E-state index contributed by atoms with van der Waals surface area (Å²) in [5, 5.41) is 23.0.